The largest absolute Gasteiger partial charge is 0.398 e. The molecule has 0 spiro atoms. The van der Waals surface area contributed by atoms with Crippen LogP contribution in [0.3, 0.4) is 0 Å². The van der Waals surface area contributed by atoms with E-state index >= 15 is 0 Å². The van der Waals surface area contributed by atoms with Crippen molar-refractivity contribution in [1.82, 2.24) is 0 Å². The maximum atomic E-state index is 13.5. The molecule has 2 rings (SSSR count). The second kappa shape index (κ2) is 4.76. The highest BCUT2D eigenvalue weighted by atomic mass is 35.5. The Labute approximate surface area is 105 Å². The molecule has 2 N–H and O–H groups in total. The highest BCUT2D eigenvalue weighted by molar-refractivity contribution is 6.31. The first-order chi connectivity index (χ1) is 8.08. The SMILES string of the molecule is Cc1c(N)cc(Cl)cc1Cc1ccccc1F. The van der Waals surface area contributed by atoms with Gasteiger partial charge in [-0.25, -0.2) is 4.39 Å². The van der Waals surface area contributed by atoms with Crippen molar-refractivity contribution >= 4 is 17.3 Å². The highest BCUT2D eigenvalue weighted by Crippen LogP contribution is 2.25. The molecule has 88 valence electrons. The molecule has 0 heterocycles. The lowest BCUT2D eigenvalue weighted by Crippen LogP contribution is -1.98. The summed E-state index contributed by atoms with van der Waals surface area (Å²) in [6.45, 7) is 1.92. The van der Waals surface area contributed by atoms with Crippen molar-refractivity contribution in [2.75, 3.05) is 5.73 Å². The maximum absolute atomic E-state index is 13.5. The van der Waals surface area contributed by atoms with Crippen LogP contribution in [0.15, 0.2) is 36.4 Å². The zero-order valence-electron chi connectivity index (χ0n) is 9.50. The number of hydrogen-bond acceptors (Lipinski definition) is 1. The number of nitrogen functional groups attached to an aromatic ring is 1. The van der Waals surface area contributed by atoms with Gasteiger partial charge >= 0.3 is 0 Å². The summed E-state index contributed by atoms with van der Waals surface area (Å²) >= 11 is 5.95. The number of rotatable bonds is 2. The van der Waals surface area contributed by atoms with Gasteiger partial charge in [0.15, 0.2) is 0 Å². The van der Waals surface area contributed by atoms with E-state index in [0.717, 1.165) is 11.1 Å². The summed E-state index contributed by atoms with van der Waals surface area (Å²) in [4.78, 5) is 0. The monoisotopic (exact) mass is 249 g/mol. The van der Waals surface area contributed by atoms with Crippen molar-refractivity contribution in [3.63, 3.8) is 0 Å². The van der Waals surface area contributed by atoms with E-state index in [2.05, 4.69) is 0 Å². The molecular weight excluding hydrogens is 237 g/mol. The van der Waals surface area contributed by atoms with E-state index < -0.39 is 0 Å². The molecule has 0 saturated heterocycles. The predicted octanol–water partition coefficient (Wildman–Crippen LogP) is 3.96. The van der Waals surface area contributed by atoms with Crippen LogP contribution in [-0.4, -0.2) is 0 Å². The lowest BCUT2D eigenvalue weighted by atomic mass is 9.99. The summed E-state index contributed by atoms with van der Waals surface area (Å²) in [6.07, 6.45) is 0.503. The Morgan fingerprint density at radius 2 is 1.88 bits per heavy atom. The molecule has 1 nitrogen and oxygen atoms in total. The van der Waals surface area contributed by atoms with Gasteiger partial charge in [-0.15, -0.1) is 0 Å². The summed E-state index contributed by atoms with van der Waals surface area (Å²) in [5.41, 5.74) is 9.04. The van der Waals surface area contributed by atoms with E-state index in [1.807, 2.05) is 19.1 Å². The molecule has 0 saturated carbocycles. The van der Waals surface area contributed by atoms with Gasteiger partial charge in [0, 0.05) is 17.1 Å². The van der Waals surface area contributed by atoms with E-state index in [0.29, 0.717) is 22.7 Å². The van der Waals surface area contributed by atoms with Crippen molar-refractivity contribution in [2.45, 2.75) is 13.3 Å². The quantitative estimate of drug-likeness (QED) is 0.801. The standard InChI is InChI=1S/C14H13ClFN/c1-9-11(7-12(15)8-14(9)17)6-10-4-2-3-5-13(10)16/h2-5,7-8H,6,17H2,1H3. The van der Waals surface area contributed by atoms with Crippen LogP contribution >= 0.6 is 11.6 Å². The molecule has 0 fully saturated rings. The molecule has 3 heteroatoms. The van der Waals surface area contributed by atoms with E-state index in [1.165, 1.54) is 6.07 Å². The van der Waals surface area contributed by atoms with Crippen molar-refractivity contribution < 1.29 is 4.39 Å². The zero-order valence-corrected chi connectivity index (χ0v) is 10.3. The Morgan fingerprint density at radius 1 is 1.18 bits per heavy atom. The molecule has 2 aromatic rings. The van der Waals surface area contributed by atoms with Crippen molar-refractivity contribution in [1.29, 1.82) is 0 Å². The molecule has 2 aromatic carbocycles. The molecule has 17 heavy (non-hydrogen) atoms. The number of anilines is 1. The van der Waals surface area contributed by atoms with Gasteiger partial charge in [-0.3, -0.25) is 0 Å². The number of nitrogens with two attached hydrogens (primary N) is 1. The van der Waals surface area contributed by atoms with Crippen LogP contribution in [0.4, 0.5) is 10.1 Å². The first-order valence-corrected chi connectivity index (χ1v) is 5.73. The smallest absolute Gasteiger partial charge is 0.126 e. The molecule has 0 aliphatic rings. The van der Waals surface area contributed by atoms with Gasteiger partial charge in [0.2, 0.25) is 0 Å². The Balaban J connectivity index is 2.40. The summed E-state index contributed by atoms with van der Waals surface area (Å²) in [5.74, 6) is -0.203. The first-order valence-electron chi connectivity index (χ1n) is 5.36. The molecule has 0 unspecified atom stereocenters. The highest BCUT2D eigenvalue weighted by Gasteiger charge is 2.07. The number of hydrogen-bond donors (Lipinski definition) is 1. The maximum Gasteiger partial charge on any atom is 0.126 e. The van der Waals surface area contributed by atoms with Crippen LogP contribution in [0, 0.1) is 12.7 Å². The fraction of sp³-hybridized carbons (Fsp3) is 0.143. The van der Waals surface area contributed by atoms with Gasteiger partial charge < -0.3 is 5.73 Å². The fourth-order valence-electron chi connectivity index (χ4n) is 1.79. The second-order valence-corrected chi connectivity index (χ2v) is 4.48. The van der Waals surface area contributed by atoms with Crippen molar-refractivity contribution in [3.8, 4) is 0 Å². The minimum Gasteiger partial charge on any atom is -0.398 e. The number of halogens is 2. The minimum atomic E-state index is -0.203. The zero-order chi connectivity index (χ0) is 12.4. The van der Waals surface area contributed by atoms with Gasteiger partial charge in [-0.05, 0) is 41.8 Å². The van der Waals surface area contributed by atoms with Gasteiger partial charge in [0.25, 0.3) is 0 Å². The summed E-state index contributed by atoms with van der Waals surface area (Å²) in [7, 11) is 0. The number of benzene rings is 2. The Hall–Kier alpha value is -1.54. The lowest BCUT2D eigenvalue weighted by molar-refractivity contribution is 0.614. The first kappa shape index (κ1) is 11.9. The van der Waals surface area contributed by atoms with Crippen LogP contribution in [0.5, 0.6) is 0 Å². The average Bonchev–Trinajstić information content (AvgIpc) is 2.28. The molecule has 0 amide bonds. The van der Waals surface area contributed by atoms with E-state index in [9.17, 15) is 4.39 Å². The molecule has 0 bridgehead atoms. The van der Waals surface area contributed by atoms with Gasteiger partial charge in [-0.1, -0.05) is 29.8 Å². The van der Waals surface area contributed by atoms with Crippen LogP contribution in [0.25, 0.3) is 0 Å². The Bertz CT molecular complexity index is 552. The van der Waals surface area contributed by atoms with E-state index in [4.69, 9.17) is 17.3 Å². The molecule has 0 aliphatic carbocycles. The predicted molar refractivity (Wildman–Crippen MR) is 69.8 cm³/mol. The van der Waals surface area contributed by atoms with Crippen molar-refractivity contribution in [3.05, 3.63) is 63.9 Å². The van der Waals surface area contributed by atoms with Crippen LogP contribution in [0.2, 0.25) is 5.02 Å². The molecule has 0 aliphatic heterocycles. The molecule has 0 atom stereocenters. The fourth-order valence-corrected chi connectivity index (χ4v) is 2.04. The van der Waals surface area contributed by atoms with Crippen LogP contribution in [-0.2, 0) is 6.42 Å². The average molecular weight is 250 g/mol. The normalized spacial score (nSPS) is 10.5. The van der Waals surface area contributed by atoms with E-state index in [1.54, 1.807) is 18.2 Å². The van der Waals surface area contributed by atoms with Crippen molar-refractivity contribution in [2.24, 2.45) is 0 Å². The van der Waals surface area contributed by atoms with Gasteiger partial charge in [0.05, 0.1) is 0 Å². The lowest BCUT2D eigenvalue weighted by Gasteiger charge is -2.10. The van der Waals surface area contributed by atoms with Crippen LogP contribution < -0.4 is 5.73 Å². The summed E-state index contributed by atoms with van der Waals surface area (Å²) in [6, 6.07) is 10.3. The topological polar surface area (TPSA) is 26.0 Å². The van der Waals surface area contributed by atoms with Gasteiger partial charge in [0.1, 0.15) is 5.82 Å². The third-order valence-corrected chi connectivity index (χ3v) is 3.08. The third-order valence-electron chi connectivity index (χ3n) is 2.86. The minimum absolute atomic E-state index is 0.203. The molecule has 0 radical (unpaired) electrons. The van der Waals surface area contributed by atoms with Crippen LogP contribution in [0.1, 0.15) is 16.7 Å². The Morgan fingerprint density at radius 3 is 2.59 bits per heavy atom. The second-order valence-electron chi connectivity index (χ2n) is 4.05. The molecule has 0 aromatic heterocycles. The van der Waals surface area contributed by atoms with Gasteiger partial charge in [-0.2, -0.15) is 0 Å². The summed E-state index contributed by atoms with van der Waals surface area (Å²) < 4.78 is 13.5. The Kier molecular flexibility index (Phi) is 3.34. The van der Waals surface area contributed by atoms with E-state index in [-0.39, 0.29) is 5.82 Å². The third kappa shape index (κ3) is 2.59. The molecular formula is C14H13ClFN. The summed E-state index contributed by atoms with van der Waals surface area (Å²) in [5, 5.41) is 0.583.